The summed E-state index contributed by atoms with van der Waals surface area (Å²) in [6.07, 6.45) is 1.74. The number of rotatable bonds is 6. The highest BCUT2D eigenvalue weighted by Gasteiger charge is 1.99. The van der Waals surface area contributed by atoms with Crippen LogP contribution in [-0.2, 0) is 6.54 Å². The van der Waals surface area contributed by atoms with Crippen molar-refractivity contribution in [2.75, 3.05) is 12.3 Å². The maximum absolute atomic E-state index is 4.25. The quantitative estimate of drug-likeness (QED) is 0.609. The first-order valence-electron chi connectivity index (χ1n) is 5.73. The van der Waals surface area contributed by atoms with Gasteiger partial charge >= 0.3 is 0 Å². The summed E-state index contributed by atoms with van der Waals surface area (Å²) >= 11 is 1.87. The zero-order chi connectivity index (χ0) is 11.9. The van der Waals surface area contributed by atoms with Gasteiger partial charge in [0.25, 0.3) is 0 Å². The van der Waals surface area contributed by atoms with E-state index in [4.69, 9.17) is 0 Å². The van der Waals surface area contributed by atoms with Crippen molar-refractivity contribution in [1.29, 1.82) is 0 Å². The molecule has 2 N–H and O–H groups in total. The first-order valence-corrected chi connectivity index (χ1v) is 6.72. The Hall–Kier alpha value is -1.26. The molecule has 0 atom stereocenters. The first kappa shape index (κ1) is 12.2. The highest BCUT2D eigenvalue weighted by atomic mass is 32.2. The average molecular weight is 247 g/mol. The molecule has 0 radical (unpaired) electrons. The number of aryl methyl sites for hydroxylation is 1. The molecule has 1 aromatic carbocycles. The summed E-state index contributed by atoms with van der Waals surface area (Å²) in [5.74, 6) is 1.08. The molecule has 0 aliphatic heterocycles. The van der Waals surface area contributed by atoms with E-state index in [1.54, 1.807) is 6.33 Å². The van der Waals surface area contributed by atoms with E-state index in [0.717, 1.165) is 30.2 Å². The summed E-state index contributed by atoms with van der Waals surface area (Å²) in [5.41, 5.74) is 2.25. The topological polar surface area (TPSA) is 40.7 Å². The van der Waals surface area contributed by atoms with Crippen molar-refractivity contribution in [2.45, 2.75) is 18.4 Å². The minimum absolute atomic E-state index is 0.838. The van der Waals surface area contributed by atoms with Crippen LogP contribution in [0.2, 0.25) is 0 Å². The maximum atomic E-state index is 4.25. The molecule has 0 amide bonds. The predicted molar refractivity (Wildman–Crippen MR) is 72.2 cm³/mol. The lowest BCUT2D eigenvalue weighted by Gasteiger charge is -2.03. The summed E-state index contributed by atoms with van der Waals surface area (Å²) in [6, 6.07) is 10.5. The molecule has 3 nitrogen and oxygen atoms in total. The number of hydrogen-bond donors (Lipinski definition) is 2. The van der Waals surface area contributed by atoms with Gasteiger partial charge in [-0.2, -0.15) is 0 Å². The molecule has 2 aromatic rings. The molecular formula is C13H17N3S. The van der Waals surface area contributed by atoms with E-state index in [-0.39, 0.29) is 0 Å². The average Bonchev–Trinajstić information content (AvgIpc) is 2.76. The van der Waals surface area contributed by atoms with Crippen LogP contribution in [0.5, 0.6) is 0 Å². The van der Waals surface area contributed by atoms with Crippen LogP contribution in [0.25, 0.3) is 0 Å². The number of hydrogen-bond acceptors (Lipinski definition) is 3. The van der Waals surface area contributed by atoms with Gasteiger partial charge in [0.05, 0.1) is 12.0 Å². The van der Waals surface area contributed by atoms with Gasteiger partial charge in [-0.1, -0.05) is 18.2 Å². The van der Waals surface area contributed by atoms with Gasteiger partial charge in [0.2, 0.25) is 0 Å². The Kier molecular flexibility index (Phi) is 4.64. The lowest BCUT2D eigenvalue weighted by atomic mass is 10.3. The van der Waals surface area contributed by atoms with E-state index in [0.29, 0.717) is 0 Å². The van der Waals surface area contributed by atoms with Crippen LogP contribution in [0.1, 0.15) is 11.4 Å². The third-order valence-electron chi connectivity index (χ3n) is 2.52. The maximum Gasteiger partial charge on any atom is 0.0925 e. The van der Waals surface area contributed by atoms with Crippen molar-refractivity contribution in [3.63, 3.8) is 0 Å². The van der Waals surface area contributed by atoms with Crippen LogP contribution in [0.4, 0.5) is 0 Å². The van der Waals surface area contributed by atoms with Crippen LogP contribution < -0.4 is 5.32 Å². The van der Waals surface area contributed by atoms with E-state index in [2.05, 4.69) is 39.6 Å². The van der Waals surface area contributed by atoms with Crippen LogP contribution in [0, 0.1) is 6.92 Å². The van der Waals surface area contributed by atoms with E-state index in [9.17, 15) is 0 Å². The third-order valence-corrected chi connectivity index (χ3v) is 3.53. The fourth-order valence-electron chi connectivity index (χ4n) is 1.53. The summed E-state index contributed by atoms with van der Waals surface area (Å²) in [6.45, 7) is 3.87. The van der Waals surface area contributed by atoms with Crippen molar-refractivity contribution in [1.82, 2.24) is 15.3 Å². The minimum atomic E-state index is 0.838. The highest BCUT2D eigenvalue weighted by Crippen LogP contribution is 2.15. The van der Waals surface area contributed by atoms with Crippen molar-refractivity contribution in [3.05, 3.63) is 48.0 Å². The fraction of sp³-hybridized carbons (Fsp3) is 0.308. The molecule has 17 heavy (non-hydrogen) atoms. The number of aromatic nitrogens is 2. The van der Waals surface area contributed by atoms with Gasteiger partial charge < -0.3 is 10.3 Å². The smallest absolute Gasteiger partial charge is 0.0925 e. The Morgan fingerprint density at radius 3 is 2.82 bits per heavy atom. The van der Waals surface area contributed by atoms with Gasteiger partial charge in [0, 0.05) is 29.4 Å². The normalized spacial score (nSPS) is 10.6. The zero-order valence-corrected chi connectivity index (χ0v) is 10.8. The first-order chi connectivity index (χ1) is 8.36. The monoisotopic (exact) mass is 247 g/mol. The highest BCUT2D eigenvalue weighted by molar-refractivity contribution is 7.99. The second-order valence-electron chi connectivity index (χ2n) is 3.81. The Bertz CT molecular complexity index is 439. The van der Waals surface area contributed by atoms with Crippen LogP contribution >= 0.6 is 11.8 Å². The second-order valence-corrected chi connectivity index (χ2v) is 4.98. The fourth-order valence-corrected chi connectivity index (χ4v) is 2.36. The van der Waals surface area contributed by atoms with Crippen LogP contribution in [-0.4, -0.2) is 22.3 Å². The number of imidazole rings is 1. The van der Waals surface area contributed by atoms with Gasteiger partial charge in [-0.05, 0) is 19.1 Å². The van der Waals surface area contributed by atoms with Crippen molar-refractivity contribution in [2.24, 2.45) is 0 Å². The van der Waals surface area contributed by atoms with Crippen LogP contribution in [0.3, 0.4) is 0 Å². The molecule has 1 heterocycles. The van der Waals surface area contributed by atoms with Gasteiger partial charge in [0.1, 0.15) is 0 Å². The van der Waals surface area contributed by atoms with Crippen molar-refractivity contribution < 1.29 is 0 Å². The summed E-state index contributed by atoms with van der Waals surface area (Å²) in [7, 11) is 0. The molecule has 0 fully saturated rings. The lowest BCUT2D eigenvalue weighted by Crippen LogP contribution is -2.17. The molecule has 90 valence electrons. The van der Waals surface area contributed by atoms with E-state index in [1.807, 2.05) is 24.8 Å². The van der Waals surface area contributed by atoms with Crippen molar-refractivity contribution in [3.8, 4) is 0 Å². The molecule has 2 rings (SSSR count). The summed E-state index contributed by atoms with van der Waals surface area (Å²) < 4.78 is 0. The van der Waals surface area contributed by atoms with Gasteiger partial charge in [-0.3, -0.25) is 0 Å². The van der Waals surface area contributed by atoms with Crippen molar-refractivity contribution >= 4 is 11.8 Å². The number of nitrogens with zero attached hydrogens (tertiary/aromatic N) is 1. The Balaban J connectivity index is 1.63. The van der Waals surface area contributed by atoms with Gasteiger partial charge in [-0.15, -0.1) is 11.8 Å². The Morgan fingerprint density at radius 2 is 2.12 bits per heavy atom. The molecule has 0 aliphatic carbocycles. The predicted octanol–water partition coefficient (Wildman–Crippen LogP) is 2.60. The molecule has 4 heteroatoms. The summed E-state index contributed by atoms with van der Waals surface area (Å²) in [4.78, 5) is 8.65. The molecule has 0 unspecified atom stereocenters. The second kappa shape index (κ2) is 6.47. The van der Waals surface area contributed by atoms with Gasteiger partial charge in [0.15, 0.2) is 0 Å². The van der Waals surface area contributed by atoms with E-state index >= 15 is 0 Å². The number of aromatic amines is 1. The van der Waals surface area contributed by atoms with Gasteiger partial charge in [-0.25, -0.2) is 4.98 Å². The largest absolute Gasteiger partial charge is 0.348 e. The third kappa shape index (κ3) is 3.91. The molecule has 0 bridgehead atoms. The molecule has 0 saturated carbocycles. The Labute approximate surface area is 106 Å². The Morgan fingerprint density at radius 1 is 1.29 bits per heavy atom. The van der Waals surface area contributed by atoms with E-state index in [1.165, 1.54) is 4.90 Å². The number of thioether (sulfide) groups is 1. The number of H-pyrrole nitrogens is 1. The molecule has 0 saturated heterocycles. The standard InChI is InChI=1S/C13H17N3S/c1-11-13(16-10-15-11)9-14-7-8-17-12-5-3-2-4-6-12/h2-6,10,14H,7-9H2,1H3,(H,15,16). The zero-order valence-electron chi connectivity index (χ0n) is 9.94. The summed E-state index contributed by atoms with van der Waals surface area (Å²) in [5, 5.41) is 3.40. The number of benzene rings is 1. The molecule has 1 aromatic heterocycles. The van der Waals surface area contributed by atoms with E-state index < -0.39 is 0 Å². The SMILES string of the molecule is Cc1[nH]cnc1CNCCSc1ccccc1. The number of nitrogens with one attached hydrogen (secondary N) is 2. The molecular weight excluding hydrogens is 230 g/mol. The van der Waals surface area contributed by atoms with Crippen LogP contribution in [0.15, 0.2) is 41.6 Å². The lowest BCUT2D eigenvalue weighted by molar-refractivity contribution is 0.715. The minimum Gasteiger partial charge on any atom is -0.348 e. The molecule has 0 spiro atoms. The molecule has 0 aliphatic rings.